The van der Waals surface area contributed by atoms with Crippen LogP contribution in [0.3, 0.4) is 0 Å². The average Bonchev–Trinajstić information content (AvgIpc) is 3.46. The molecule has 30 heavy (non-hydrogen) atoms. The first-order valence-electron chi connectivity index (χ1n) is 10.1. The standard InChI is InChI=1S/C22H28N2O5S/c1-6-29-22(26)20-14(3)19(15(4)23-20)21(25)16(5)24(17-9-10-17)30(27,28)18-11-7-13(2)8-12-18/h7-8,11-12,16-17,23H,6,9-10H2,1-5H3/t16-/m1/s1. The van der Waals surface area contributed by atoms with Gasteiger partial charge in [0.25, 0.3) is 0 Å². The van der Waals surface area contributed by atoms with Crippen molar-refractivity contribution in [2.24, 2.45) is 0 Å². The first-order valence-corrected chi connectivity index (χ1v) is 11.5. The molecule has 1 aromatic heterocycles. The van der Waals surface area contributed by atoms with Crippen molar-refractivity contribution in [2.75, 3.05) is 6.61 Å². The molecule has 2 aromatic rings. The zero-order chi connectivity index (χ0) is 22.2. The van der Waals surface area contributed by atoms with Crippen LogP contribution in [0, 0.1) is 20.8 Å². The van der Waals surface area contributed by atoms with Gasteiger partial charge in [-0.3, -0.25) is 4.79 Å². The van der Waals surface area contributed by atoms with Crippen LogP contribution in [0.2, 0.25) is 0 Å². The van der Waals surface area contributed by atoms with Crippen molar-refractivity contribution in [3.05, 3.63) is 52.3 Å². The molecule has 1 N–H and O–H groups in total. The van der Waals surface area contributed by atoms with Gasteiger partial charge in [-0.1, -0.05) is 17.7 Å². The number of hydrogen-bond donors (Lipinski definition) is 1. The van der Waals surface area contributed by atoms with Crippen molar-refractivity contribution in [3.63, 3.8) is 0 Å². The third kappa shape index (κ3) is 4.06. The summed E-state index contributed by atoms with van der Waals surface area (Å²) in [5, 5.41) is 0. The lowest BCUT2D eigenvalue weighted by Crippen LogP contribution is -2.44. The van der Waals surface area contributed by atoms with E-state index in [9.17, 15) is 18.0 Å². The quantitative estimate of drug-likeness (QED) is 0.508. The molecule has 1 fully saturated rings. The molecule has 1 saturated carbocycles. The van der Waals surface area contributed by atoms with E-state index in [4.69, 9.17) is 4.74 Å². The third-order valence-electron chi connectivity index (χ3n) is 5.43. The number of carbonyl (C=O) groups is 2. The second-order valence-corrected chi connectivity index (χ2v) is 9.61. The van der Waals surface area contributed by atoms with Gasteiger partial charge in [0.05, 0.1) is 17.5 Å². The number of rotatable bonds is 8. The summed E-state index contributed by atoms with van der Waals surface area (Å²) in [6.45, 7) is 8.81. The molecule has 0 amide bonds. The van der Waals surface area contributed by atoms with Gasteiger partial charge >= 0.3 is 5.97 Å². The van der Waals surface area contributed by atoms with Crippen LogP contribution >= 0.6 is 0 Å². The van der Waals surface area contributed by atoms with Crippen molar-refractivity contribution in [2.45, 2.75) is 64.4 Å². The van der Waals surface area contributed by atoms with Gasteiger partial charge in [-0.05, 0) is 65.2 Å². The molecule has 0 aliphatic heterocycles. The molecule has 0 saturated heterocycles. The summed E-state index contributed by atoms with van der Waals surface area (Å²) in [6, 6.07) is 5.55. The zero-order valence-electron chi connectivity index (χ0n) is 18.0. The molecule has 0 unspecified atom stereocenters. The predicted octanol–water partition coefficient (Wildman–Crippen LogP) is 3.54. The fourth-order valence-corrected chi connectivity index (χ4v) is 5.57. The van der Waals surface area contributed by atoms with Crippen LogP contribution in [0.4, 0.5) is 0 Å². The Balaban J connectivity index is 1.97. The monoisotopic (exact) mass is 432 g/mol. The van der Waals surface area contributed by atoms with Crippen molar-refractivity contribution >= 4 is 21.8 Å². The van der Waals surface area contributed by atoms with Gasteiger partial charge in [-0.2, -0.15) is 4.31 Å². The number of H-pyrrole nitrogens is 1. The Bertz CT molecular complexity index is 1070. The van der Waals surface area contributed by atoms with Crippen LogP contribution in [0.1, 0.15) is 64.4 Å². The Labute approximate surface area is 177 Å². The number of sulfonamides is 1. The lowest BCUT2D eigenvalue weighted by molar-refractivity contribution is 0.0519. The first-order chi connectivity index (χ1) is 14.1. The average molecular weight is 433 g/mol. The number of aromatic nitrogens is 1. The Morgan fingerprint density at radius 1 is 1.17 bits per heavy atom. The number of ketones is 1. The smallest absolute Gasteiger partial charge is 0.355 e. The normalized spacial score (nSPS) is 15.3. The van der Waals surface area contributed by atoms with E-state index < -0.39 is 22.0 Å². The SMILES string of the molecule is CCOC(=O)c1[nH]c(C)c(C(=O)[C@@H](C)N(C2CC2)S(=O)(=O)c2ccc(C)cc2)c1C. The van der Waals surface area contributed by atoms with E-state index in [2.05, 4.69) is 4.98 Å². The summed E-state index contributed by atoms with van der Waals surface area (Å²) in [4.78, 5) is 28.7. The fourth-order valence-electron chi connectivity index (χ4n) is 3.73. The Morgan fingerprint density at radius 2 is 1.77 bits per heavy atom. The number of aryl methyl sites for hydroxylation is 2. The van der Waals surface area contributed by atoms with E-state index >= 15 is 0 Å². The van der Waals surface area contributed by atoms with Crippen LogP contribution in [0.25, 0.3) is 0 Å². The number of ether oxygens (including phenoxy) is 1. The van der Waals surface area contributed by atoms with E-state index in [0.29, 0.717) is 16.8 Å². The van der Waals surface area contributed by atoms with Gasteiger partial charge < -0.3 is 9.72 Å². The minimum Gasteiger partial charge on any atom is -0.461 e. The van der Waals surface area contributed by atoms with Crippen LogP contribution in [-0.4, -0.2) is 48.2 Å². The molecule has 0 radical (unpaired) electrons. The zero-order valence-corrected chi connectivity index (χ0v) is 18.8. The molecule has 0 spiro atoms. The highest BCUT2D eigenvalue weighted by atomic mass is 32.2. The van der Waals surface area contributed by atoms with Gasteiger partial charge in [0.1, 0.15) is 5.69 Å². The second-order valence-electron chi connectivity index (χ2n) is 7.76. The number of hydrogen-bond acceptors (Lipinski definition) is 5. The lowest BCUT2D eigenvalue weighted by atomic mass is 10.0. The molecule has 1 aromatic carbocycles. The van der Waals surface area contributed by atoms with Gasteiger partial charge in [-0.15, -0.1) is 0 Å². The highest BCUT2D eigenvalue weighted by Crippen LogP contribution is 2.35. The summed E-state index contributed by atoms with van der Waals surface area (Å²) in [6.07, 6.45) is 1.45. The summed E-state index contributed by atoms with van der Waals surface area (Å²) >= 11 is 0. The summed E-state index contributed by atoms with van der Waals surface area (Å²) in [5.41, 5.74) is 2.53. The highest BCUT2D eigenvalue weighted by Gasteiger charge is 2.44. The molecule has 1 atom stereocenters. The van der Waals surface area contributed by atoms with Gasteiger partial charge in [0, 0.05) is 17.3 Å². The lowest BCUT2D eigenvalue weighted by Gasteiger charge is -2.27. The number of carbonyl (C=O) groups excluding carboxylic acids is 2. The van der Waals surface area contributed by atoms with Crippen LogP contribution < -0.4 is 0 Å². The number of nitrogens with one attached hydrogen (secondary N) is 1. The molecule has 8 heteroatoms. The third-order valence-corrected chi connectivity index (χ3v) is 7.47. The van der Waals surface area contributed by atoms with Crippen molar-refractivity contribution in [3.8, 4) is 0 Å². The molecular formula is C22H28N2O5S. The van der Waals surface area contributed by atoms with Gasteiger partial charge in [0.2, 0.25) is 10.0 Å². The maximum Gasteiger partial charge on any atom is 0.355 e. The second kappa shape index (κ2) is 8.35. The summed E-state index contributed by atoms with van der Waals surface area (Å²) in [7, 11) is -3.84. The molecule has 7 nitrogen and oxygen atoms in total. The van der Waals surface area contributed by atoms with Gasteiger partial charge in [-0.25, -0.2) is 13.2 Å². The Morgan fingerprint density at radius 3 is 2.30 bits per heavy atom. The van der Waals surface area contributed by atoms with E-state index in [1.165, 1.54) is 4.31 Å². The molecule has 3 rings (SSSR count). The van der Waals surface area contributed by atoms with E-state index in [0.717, 1.165) is 18.4 Å². The topological polar surface area (TPSA) is 96.5 Å². The van der Waals surface area contributed by atoms with Crippen LogP contribution in [0.15, 0.2) is 29.2 Å². The maximum absolute atomic E-state index is 13.4. The van der Waals surface area contributed by atoms with Crippen molar-refractivity contribution < 1.29 is 22.7 Å². The molecule has 1 heterocycles. The minimum atomic E-state index is -3.84. The molecular weight excluding hydrogens is 404 g/mol. The number of benzene rings is 1. The van der Waals surface area contributed by atoms with Crippen molar-refractivity contribution in [1.29, 1.82) is 0 Å². The molecule has 1 aliphatic carbocycles. The fraction of sp³-hybridized carbons (Fsp3) is 0.455. The Kier molecular flexibility index (Phi) is 6.19. The molecule has 0 bridgehead atoms. The van der Waals surface area contributed by atoms with E-state index in [-0.39, 0.29) is 29.0 Å². The minimum absolute atomic E-state index is 0.175. The summed E-state index contributed by atoms with van der Waals surface area (Å²) < 4.78 is 33.1. The summed E-state index contributed by atoms with van der Waals surface area (Å²) in [5.74, 6) is -0.865. The Hall–Kier alpha value is -2.45. The van der Waals surface area contributed by atoms with Gasteiger partial charge in [0.15, 0.2) is 5.78 Å². The predicted molar refractivity (Wildman–Crippen MR) is 113 cm³/mol. The number of esters is 1. The van der Waals surface area contributed by atoms with Crippen LogP contribution in [-0.2, 0) is 14.8 Å². The van der Waals surface area contributed by atoms with Crippen molar-refractivity contribution in [1.82, 2.24) is 9.29 Å². The molecule has 162 valence electrons. The maximum atomic E-state index is 13.4. The first kappa shape index (κ1) is 22.2. The molecule has 1 aliphatic rings. The number of Topliss-reactive ketones (excluding diaryl/α,β-unsaturated/α-hetero) is 1. The number of aromatic amines is 1. The number of nitrogens with zero attached hydrogens (tertiary/aromatic N) is 1. The van der Waals surface area contributed by atoms with E-state index in [1.807, 2.05) is 6.92 Å². The van der Waals surface area contributed by atoms with E-state index in [1.54, 1.807) is 52.0 Å². The highest BCUT2D eigenvalue weighted by molar-refractivity contribution is 7.89. The largest absolute Gasteiger partial charge is 0.461 e. The van der Waals surface area contributed by atoms with Crippen LogP contribution in [0.5, 0.6) is 0 Å².